The van der Waals surface area contributed by atoms with Crippen LogP contribution in [-0.2, 0) is 4.74 Å². The minimum atomic E-state index is 0.0571. The third-order valence-electron chi connectivity index (χ3n) is 4.66. The highest BCUT2D eigenvalue weighted by Gasteiger charge is 2.48. The largest absolute Gasteiger partial charge is 0.378 e. The Balaban J connectivity index is 2.08. The van der Waals surface area contributed by atoms with Gasteiger partial charge in [-0.05, 0) is 51.4 Å². The van der Waals surface area contributed by atoms with Gasteiger partial charge in [-0.15, -0.1) is 0 Å². The van der Waals surface area contributed by atoms with Gasteiger partial charge in [0, 0.05) is 29.8 Å². The van der Waals surface area contributed by atoms with Crippen molar-refractivity contribution in [1.29, 1.82) is 0 Å². The number of nitrogens with two attached hydrogens (primary N) is 1. The molecular weight excluding hydrogens is 272 g/mol. The first kappa shape index (κ1) is 15.8. The van der Waals surface area contributed by atoms with Crippen LogP contribution in [0.5, 0.6) is 0 Å². The van der Waals surface area contributed by atoms with Gasteiger partial charge in [0.05, 0.1) is 6.10 Å². The molecule has 1 aliphatic rings. The predicted molar refractivity (Wildman–Crippen MR) is 84.1 cm³/mol. The third-order valence-corrected chi connectivity index (χ3v) is 4.89. The van der Waals surface area contributed by atoms with Gasteiger partial charge < -0.3 is 10.5 Å². The average molecular weight is 297 g/mol. The van der Waals surface area contributed by atoms with Crippen LogP contribution in [0.4, 0.5) is 0 Å². The number of hydrogen-bond acceptors (Lipinski definition) is 3. The Morgan fingerprint density at radius 1 is 1.50 bits per heavy atom. The molecule has 2 N–H and O–H groups in total. The number of rotatable bonds is 6. The molecule has 0 aliphatic heterocycles. The van der Waals surface area contributed by atoms with Crippen LogP contribution in [-0.4, -0.2) is 36.7 Å². The van der Waals surface area contributed by atoms with Gasteiger partial charge in [-0.2, -0.15) is 0 Å². The first-order valence-electron chi connectivity index (χ1n) is 7.32. The monoisotopic (exact) mass is 296 g/mol. The summed E-state index contributed by atoms with van der Waals surface area (Å²) in [4.78, 5) is 2.38. The summed E-state index contributed by atoms with van der Waals surface area (Å²) in [5, 5.41) is 0.783. The Bertz CT molecular complexity index is 446. The maximum Gasteiger partial charge on any atom is 0.0611 e. The van der Waals surface area contributed by atoms with E-state index < -0.39 is 0 Å². The van der Waals surface area contributed by atoms with Crippen LogP contribution in [0.15, 0.2) is 24.3 Å². The highest BCUT2D eigenvalue weighted by atomic mass is 35.5. The molecule has 4 heteroatoms. The van der Waals surface area contributed by atoms with Crippen molar-refractivity contribution in [2.45, 2.75) is 44.4 Å². The second-order valence-corrected chi connectivity index (χ2v) is 6.19. The van der Waals surface area contributed by atoms with E-state index in [1.807, 2.05) is 25.1 Å². The van der Waals surface area contributed by atoms with Gasteiger partial charge in [-0.25, -0.2) is 0 Å². The Labute approximate surface area is 127 Å². The molecule has 0 saturated heterocycles. The summed E-state index contributed by atoms with van der Waals surface area (Å²) in [6.07, 6.45) is 2.38. The van der Waals surface area contributed by atoms with Crippen LogP contribution in [0, 0.1) is 0 Å². The van der Waals surface area contributed by atoms with E-state index in [-0.39, 0.29) is 5.54 Å². The third kappa shape index (κ3) is 3.01. The van der Waals surface area contributed by atoms with E-state index in [1.54, 1.807) is 0 Å². The van der Waals surface area contributed by atoms with Crippen molar-refractivity contribution in [3.8, 4) is 0 Å². The molecule has 20 heavy (non-hydrogen) atoms. The van der Waals surface area contributed by atoms with Crippen molar-refractivity contribution in [2.24, 2.45) is 5.73 Å². The van der Waals surface area contributed by atoms with Gasteiger partial charge in [0.25, 0.3) is 0 Å². The molecule has 112 valence electrons. The molecule has 1 aromatic rings. The molecule has 1 unspecified atom stereocenters. The quantitative estimate of drug-likeness (QED) is 0.876. The topological polar surface area (TPSA) is 38.5 Å². The molecule has 0 bridgehead atoms. The van der Waals surface area contributed by atoms with Crippen molar-refractivity contribution in [3.63, 3.8) is 0 Å². The summed E-state index contributed by atoms with van der Waals surface area (Å²) >= 11 is 6.09. The molecule has 1 atom stereocenters. The lowest BCUT2D eigenvalue weighted by Crippen LogP contribution is -2.63. The number of nitrogens with zero attached hydrogens (tertiary/aromatic N) is 1. The van der Waals surface area contributed by atoms with E-state index in [0.717, 1.165) is 24.5 Å². The second kappa shape index (κ2) is 6.44. The smallest absolute Gasteiger partial charge is 0.0611 e. The zero-order valence-electron chi connectivity index (χ0n) is 12.6. The molecular formula is C16H25ClN2O. The van der Waals surface area contributed by atoms with E-state index in [4.69, 9.17) is 22.1 Å². The molecule has 1 fully saturated rings. The average Bonchev–Trinajstić information content (AvgIpc) is 2.41. The summed E-state index contributed by atoms with van der Waals surface area (Å²) in [7, 11) is 2.15. The fourth-order valence-electron chi connectivity index (χ4n) is 3.14. The fraction of sp³-hybridized carbons (Fsp3) is 0.625. The lowest BCUT2D eigenvalue weighted by atomic mass is 9.72. The lowest BCUT2D eigenvalue weighted by Gasteiger charge is -2.54. The molecule has 3 nitrogen and oxygen atoms in total. The highest BCUT2D eigenvalue weighted by Crippen LogP contribution is 2.42. The molecule has 0 radical (unpaired) electrons. The van der Waals surface area contributed by atoms with Crippen LogP contribution < -0.4 is 5.73 Å². The highest BCUT2D eigenvalue weighted by molar-refractivity contribution is 6.30. The zero-order valence-corrected chi connectivity index (χ0v) is 13.4. The van der Waals surface area contributed by atoms with Gasteiger partial charge in [-0.1, -0.05) is 23.7 Å². The van der Waals surface area contributed by atoms with Crippen LogP contribution in [0.3, 0.4) is 0 Å². The van der Waals surface area contributed by atoms with Crippen molar-refractivity contribution in [1.82, 2.24) is 4.90 Å². The van der Waals surface area contributed by atoms with Crippen LogP contribution in [0.25, 0.3) is 0 Å². The normalized spacial score (nSPS) is 27.4. The number of hydrogen-bond donors (Lipinski definition) is 1. The Hall–Kier alpha value is -0.610. The zero-order chi connectivity index (χ0) is 14.8. The number of likely N-dealkylation sites (N-methyl/N-ethyl adjacent to an activating group) is 1. The van der Waals surface area contributed by atoms with Crippen LogP contribution in [0.2, 0.25) is 5.02 Å². The Morgan fingerprint density at radius 2 is 2.20 bits per heavy atom. The first-order chi connectivity index (χ1) is 9.52. The van der Waals surface area contributed by atoms with Crippen LogP contribution >= 0.6 is 11.6 Å². The molecule has 0 spiro atoms. The van der Waals surface area contributed by atoms with Gasteiger partial charge in [0.15, 0.2) is 0 Å². The minimum Gasteiger partial charge on any atom is -0.378 e. The summed E-state index contributed by atoms with van der Waals surface area (Å²) in [5.74, 6) is 0. The van der Waals surface area contributed by atoms with Crippen molar-refractivity contribution >= 4 is 11.6 Å². The standard InChI is InChI=1S/C16H25ClN2O/c1-4-20-15-9-16(10-15,11-18)19(3)12(2)13-6-5-7-14(17)8-13/h5-8,12,15H,4,9-11,18H2,1-3H3. The van der Waals surface area contributed by atoms with E-state index in [2.05, 4.69) is 24.9 Å². The fourth-order valence-corrected chi connectivity index (χ4v) is 3.34. The molecule has 1 aromatic carbocycles. The molecule has 1 saturated carbocycles. The van der Waals surface area contributed by atoms with Gasteiger partial charge >= 0.3 is 0 Å². The van der Waals surface area contributed by atoms with E-state index in [1.165, 1.54) is 5.56 Å². The Kier molecular flexibility index (Phi) is 5.08. The molecule has 0 aromatic heterocycles. The minimum absolute atomic E-state index is 0.0571. The summed E-state index contributed by atoms with van der Waals surface area (Å²) in [6.45, 7) is 5.69. The van der Waals surface area contributed by atoms with Crippen LogP contribution in [0.1, 0.15) is 38.3 Å². The molecule has 0 amide bonds. The maximum absolute atomic E-state index is 6.09. The van der Waals surface area contributed by atoms with E-state index in [0.29, 0.717) is 18.7 Å². The SMILES string of the molecule is CCOC1CC(CN)(N(C)C(C)c2cccc(Cl)c2)C1. The van der Waals surface area contributed by atoms with Crippen molar-refractivity contribution in [2.75, 3.05) is 20.2 Å². The maximum atomic E-state index is 6.09. The summed E-state index contributed by atoms with van der Waals surface area (Å²) in [6, 6.07) is 8.35. The molecule has 1 aliphatic carbocycles. The van der Waals surface area contributed by atoms with Crippen molar-refractivity contribution in [3.05, 3.63) is 34.9 Å². The van der Waals surface area contributed by atoms with E-state index >= 15 is 0 Å². The number of halogens is 1. The first-order valence-corrected chi connectivity index (χ1v) is 7.70. The van der Waals surface area contributed by atoms with Gasteiger partial charge in [-0.3, -0.25) is 4.90 Å². The predicted octanol–water partition coefficient (Wildman–Crippen LogP) is 3.23. The molecule has 0 heterocycles. The van der Waals surface area contributed by atoms with Gasteiger partial charge in [0.1, 0.15) is 0 Å². The Morgan fingerprint density at radius 3 is 2.75 bits per heavy atom. The second-order valence-electron chi connectivity index (χ2n) is 5.76. The van der Waals surface area contributed by atoms with E-state index in [9.17, 15) is 0 Å². The summed E-state index contributed by atoms with van der Waals surface area (Å²) < 4.78 is 5.69. The van der Waals surface area contributed by atoms with Crippen molar-refractivity contribution < 1.29 is 4.74 Å². The molecule has 2 rings (SSSR count). The summed E-state index contributed by atoms with van der Waals surface area (Å²) in [5.41, 5.74) is 7.34. The number of ether oxygens (including phenoxy) is 1. The lowest BCUT2D eigenvalue weighted by molar-refractivity contribution is -0.103. The number of benzene rings is 1. The van der Waals surface area contributed by atoms with Gasteiger partial charge in [0.2, 0.25) is 0 Å².